The van der Waals surface area contributed by atoms with E-state index in [9.17, 15) is 0 Å². The molecule has 2 heteroatoms. The summed E-state index contributed by atoms with van der Waals surface area (Å²) in [5.41, 5.74) is 18.8. The third-order valence-electron chi connectivity index (χ3n) is 12.9. The lowest BCUT2D eigenvalue weighted by Gasteiger charge is -2.32. The predicted octanol–water partition coefficient (Wildman–Crippen LogP) is 14.9. The fraction of sp³-hybridized carbons (Fsp3) is 0.236. The summed E-state index contributed by atoms with van der Waals surface area (Å²) in [5, 5.41) is 5.24. The number of aryl methyl sites for hydroxylation is 4. The molecule has 0 aliphatic carbocycles. The molecule has 0 aliphatic rings. The van der Waals surface area contributed by atoms with Crippen molar-refractivity contribution in [1.82, 2.24) is 9.13 Å². The quantitative estimate of drug-likeness (QED) is 0.154. The molecule has 0 fully saturated rings. The zero-order chi connectivity index (χ0) is 40.0. The summed E-state index contributed by atoms with van der Waals surface area (Å²) in [6.07, 6.45) is 0. The lowest BCUT2D eigenvalue weighted by atomic mass is 9.72. The third-order valence-corrected chi connectivity index (χ3v) is 12.9. The van der Waals surface area contributed by atoms with Crippen LogP contribution in [0.15, 0.2) is 140 Å². The van der Waals surface area contributed by atoms with Gasteiger partial charge in [0.05, 0.1) is 22.1 Å². The van der Waals surface area contributed by atoms with Crippen molar-refractivity contribution >= 4 is 43.6 Å². The smallest absolute Gasteiger partial charge is 0.0541 e. The van der Waals surface area contributed by atoms with Crippen LogP contribution in [0.4, 0.5) is 0 Å². The van der Waals surface area contributed by atoms with E-state index in [1.165, 1.54) is 105 Å². The maximum atomic E-state index is 2.48. The first-order valence-corrected chi connectivity index (χ1v) is 20.6. The average molecular weight is 743 g/mol. The number of aromatic nitrogens is 2. The van der Waals surface area contributed by atoms with Gasteiger partial charge in [0.15, 0.2) is 0 Å². The lowest BCUT2D eigenvalue weighted by Crippen LogP contribution is -2.24. The molecule has 0 unspecified atom stereocenters. The molecule has 0 saturated heterocycles. The fourth-order valence-corrected chi connectivity index (χ4v) is 9.15. The van der Waals surface area contributed by atoms with Gasteiger partial charge in [0.2, 0.25) is 0 Å². The van der Waals surface area contributed by atoms with Crippen molar-refractivity contribution in [2.75, 3.05) is 0 Å². The molecule has 0 amide bonds. The van der Waals surface area contributed by atoms with Crippen molar-refractivity contribution in [2.45, 2.75) is 86.0 Å². The van der Waals surface area contributed by atoms with Gasteiger partial charge < -0.3 is 9.13 Å². The van der Waals surface area contributed by atoms with Gasteiger partial charge in [0, 0.05) is 43.7 Å². The van der Waals surface area contributed by atoms with Crippen molar-refractivity contribution in [1.29, 1.82) is 0 Å². The Hall–Kier alpha value is -5.86. The summed E-state index contributed by atoms with van der Waals surface area (Å²) in [7, 11) is 0. The van der Waals surface area contributed by atoms with E-state index in [2.05, 4.69) is 218 Å². The first-order valence-electron chi connectivity index (χ1n) is 20.6. The molecule has 284 valence electrons. The Balaban J connectivity index is 1.08. The SMILES string of the molecule is Cc1ccc2c(c1)c1cc(C)ccc1n2-c1ccc(C(C)(C)c2cc(C(C)C)cc(C(C)(C)c3ccc(-n4c5ccc(C)cc5c5cc(C)ccc54)cc3)c2)cc1. The van der Waals surface area contributed by atoms with E-state index in [0.717, 1.165) is 0 Å². The highest BCUT2D eigenvalue weighted by Gasteiger charge is 2.30. The first kappa shape index (κ1) is 36.8. The number of fused-ring (bicyclic) bond motifs is 6. The van der Waals surface area contributed by atoms with E-state index in [1.807, 2.05) is 0 Å². The maximum Gasteiger partial charge on any atom is 0.0541 e. The second kappa shape index (κ2) is 13.4. The standard InChI is InChI=1S/C55H54N2/c1-34(2)39-31-42(54(7,8)40-15-19-44(20-16-40)56-50-23-11-35(3)27-46(50)47-28-36(4)12-24-51(47)56)33-43(32-39)55(9,10)41-17-21-45(22-18-41)57-52-25-13-37(5)29-48(52)49-30-38(6)14-26-53(49)57/h11-34H,1-10H3. The van der Waals surface area contributed by atoms with E-state index in [1.54, 1.807) is 0 Å². The van der Waals surface area contributed by atoms with Crippen LogP contribution in [0.1, 0.15) is 97.5 Å². The van der Waals surface area contributed by atoms with Crippen LogP contribution in [0.2, 0.25) is 0 Å². The Kier molecular flexibility index (Phi) is 8.63. The van der Waals surface area contributed by atoms with Crippen LogP contribution in [-0.4, -0.2) is 9.13 Å². The van der Waals surface area contributed by atoms with Gasteiger partial charge in [0.1, 0.15) is 0 Å². The number of hydrogen-bond acceptors (Lipinski definition) is 0. The molecule has 0 N–H and O–H groups in total. The van der Waals surface area contributed by atoms with Crippen molar-refractivity contribution in [3.8, 4) is 11.4 Å². The van der Waals surface area contributed by atoms with Crippen LogP contribution in [0.5, 0.6) is 0 Å². The van der Waals surface area contributed by atoms with Gasteiger partial charge in [-0.2, -0.15) is 0 Å². The number of hydrogen-bond donors (Lipinski definition) is 0. The van der Waals surface area contributed by atoms with Crippen molar-refractivity contribution in [3.63, 3.8) is 0 Å². The van der Waals surface area contributed by atoms with Gasteiger partial charge in [-0.1, -0.05) is 131 Å². The van der Waals surface area contributed by atoms with Gasteiger partial charge >= 0.3 is 0 Å². The average Bonchev–Trinajstić information content (AvgIpc) is 3.68. The highest BCUT2D eigenvalue weighted by Crippen LogP contribution is 2.41. The molecule has 7 aromatic carbocycles. The Bertz CT molecular complexity index is 2680. The summed E-state index contributed by atoms with van der Waals surface area (Å²) in [4.78, 5) is 0. The molecule has 0 saturated carbocycles. The number of benzene rings is 7. The fourth-order valence-electron chi connectivity index (χ4n) is 9.15. The predicted molar refractivity (Wildman–Crippen MR) is 245 cm³/mol. The van der Waals surface area contributed by atoms with Crippen molar-refractivity contribution in [2.24, 2.45) is 0 Å². The van der Waals surface area contributed by atoms with E-state index in [-0.39, 0.29) is 10.8 Å². The summed E-state index contributed by atoms with van der Waals surface area (Å²) in [6, 6.07) is 53.3. The van der Waals surface area contributed by atoms with E-state index in [0.29, 0.717) is 5.92 Å². The number of rotatable bonds is 7. The van der Waals surface area contributed by atoms with Crippen molar-refractivity contribution in [3.05, 3.63) is 190 Å². The van der Waals surface area contributed by atoms with Gasteiger partial charge in [-0.05, 0) is 134 Å². The minimum absolute atomic E-state index is 0.208. The second-order valence-electron chi connectivity index (χ2n) is 18.1. The molecule has 9 aromatic rings. The molecular weight excluding hydrogens is 689 g/mol. The van der Waals surface area contributed by atoms with Crippen LogP contribution in [-0.2, 0) is 10.8 Å². The molecule has 2 heterocycles. The number of nitrogens with zero attached hydrogens (tertiary/aromatic N) is 2. The molecule has 9 rings (SSSR count). The molecule has 0 spiro atoms. The van der Waals surface area contributed by atoms with Crippen LogP contribution in [0, 0.1) is 27.7 Å². The van der Waals surface area contributed by atoms with E-state index >= 15 is 0 Å². The van der Waals surface area contributed by atoms with Crippen LogP contribution < -0.4 is 0 Å². The molecular formula is C55H54N2. The molecule has 0 radical (unpaired) electrons. The zero-order valence-electron chi connectivity index (χ0n) is 35.3. The Labute approximate surface area is 338 Å². The minimum atomic E-state index is -0.208. The molecule has 0 atom stereocenters. The normalized spacial score (nSPS) is 12.5. The maximum absolute atomic E-state index is 2.48. The van der Waals surface area contributed by atoms with Crippen LogP contribution in [0.3, 0.4) is 0 Å². The van der Waals surface area contributed by atoms with Crippen molar-refractivity contribution < 1.29 is 0 Å². The van der Waals surface area contributed by atoms with Crippen LogP contribution >= 0.6 is 0 Å². The van der Waals surface area contributed by atoms with Crippen LogP contribution in [0.25, 0.3) is 55.0 Å². The first-order chi connectivity index (χ1) is 27.2. The van der Waals surface area contributed by atoms with E-state index < -0.39 is 0 Å². The molecule has 2 aromatic heterocycles. The molecule has 0 bridgehead atoms. The zero-order valence-corrected chi connectivity index (χ0v) is 35.3. The van der Waals surface area contributed by atoms with Gasteiger partial charge in [-0.3, -0.25) is 0 Å². The van der Waals surface area contributed by atoms with Gasteiger partial charge in [-0.15, -0.1) is 0 Å². The Morgan fingerprint density at radius 3 is 0.930 bits per heavy atom. The molecule has 0 aliphatic heterocycles. The Morgan fingerprint density at radius 1 is 0.351 bits per heavy atom. The second-order valence-corrected chi connectivity index (χ2v) is 18.1. The largest absolute Gasteiger partial charge is 0.309 e. The lowest BCUT2D eigenvalue weighted by molar-refractivity contribution is 0.613. The topological polar surface area (TPSA) is 9.86 Å². The summed E-state index contributed by atoms with van der Waals surface area (Å²) in [5.74, 6) is 0.408. The van der Waals surface area contributed by atoms with E-state index in [4.69, 9.17) is 0 Å². The molecule has 57 heavy (non-hydrogen) atoms. The molecule has 2 nitrogen and oxygen atoms in total. The third kappa shape index (κ3) is 6.09. The summed E-state index contributed by atoms with van der Waals surface area (Å²) < 4.78 is 4.85. The van der Waals surface area contributed by atoms with Gasteiger partial charge in [-0.25, -0.2) is 0 Å². The Morgan fingerprint density at radius 2 is 0.649 bits per heavy atom. The highest BCUT2D eigenvalue weighted by molar-refractivity contribution is 6.10. The highest BCUT2D eigenvalue weighted by atomic mass is 15.0. The summed E-state index contributed by atoms with van der Waals surface area (Å²) in [6.45, 7) is 22.9. The summed E-state index contributed by atoms with van der Waals surface area (Å²) >= 11 is 0. The minimum Gasteiger partial charge on any atom is -0.309 e. The van der Waals surface area contributed by atoms with Gasteiger partial charge in [0.25, 0.3) is 0 Å². The monoisotopic (exact) mass is 742 g/mol.